The van der Waals surface area contributed by atoms with Crippen LogP contribution in [0.3, 0.4) is 0 Å². The van der Waals surface area contributed by atoms with Gasteiger partial charge < -0.3 is 19.4 Å². The zero-order valence-corrected chi connectivity index (χ0v) is 14.1. The van der Waals surface area contributed by atoms with Gasteiger partial charge in [0.25, 0.3) is 0 Å². The van der Waals surface area contributed by atoms with E-state index in [-0.39, 0.29) is 48.0 Å². The van der Waals surface area contributed by atoms with Gasteiger partial charge in [0.2, 0.25) is 11.6 Å². The predicted octanol–water partition coefficient (Wildman–Crippen LogP) is 0.772. The number of hydrogen-bond donors (Lipinski definition) is 2. The molecule has 27 heavy (non-hydrogen) atoms. The summed E-state index contributed by atoms with van der Waals surface area (Å²) in [7, 11) is 0. The van der Waals surface area contributed by atoms with Crippen molar-refractivity contribution in [1.82, 2.24) is 0 Å². The van der Waals surface area contributed by atoms with Crippen molar-refractivity contribution in [2.45, 2.75) is 6.42 Å². The molecule has 8 nitrogen and oxygen atoms in total. The number of esters is 1. The van der Waals surface area contributed by atoms with Crippen molar-refractivity contribution in [2.75, 3.05) is 19.8 Å². The first-order chi connectivity index (χ1) is 13.0. The first-order valence-electron chi connectivity index (χ1n) is 8.19. The third-order valence-electron chi connectivity index (χ3n) is 4.18. The number of aliphatic hydroxyl groups is 2. The van der Waals surface area contributed by atoms with E-state index in [1.165, 1.54) is 12.1 Å². The molecule has 1 aliphatic carbocycles. The van der Waals surface area contributed by atoms with E-state index in [1.807, 2.05) is 0 Å². The highest BCUT2D eigenvalue weighted by atomic mass is 16.5. The lowest BCUT2D eigenvalue weighted by Gasteiger charge is -2.11. The second kappa shape index (κ2) is 7.65. The maximum Gasteiger partial charge on any atom is 0.313 e. The quantitative estimate of drug-likeness (QED) is 0.353. The number of benzene rings is 1. The number of ketones is 3. The summed E-state index contributed by atoms with van der Waals surface area (Å²) in [6, 6.07) is 7.42. The standard InChI is InChI=1S/C19H16O8/c20-7-10(8-21)9-26-16(23)6-14(22)15-5-13-17(24)11-3-1-2-4-12(11)18(25)19(13)27-15/h1-5,10,20-21H,6-9H2. The average molecular weight is 372 g/mol. The number of aliphatic hydroxyl groups excluding tert-OH is 2. The van der Waals surface area contributed by atoms with E-state index in [1.54, 1.807) is 12.1 Å². The molecule has 0 fully saturated rings. The van der Waals surface area contributed by atoms with Crippen LogP contribution in [-0.2, 0) is 9.53 Å². The smallest absolute Gasteiger partial charge is 0.313 e. The SMILES string of the molecule is O=C(CC(=O)c1cc2c(o1)C(=O)c1ccccc1C2=O)OCC(CO)CO. The van der Waals surface area contributed by atoms with Gasteiger partial charge in [-0.25, -0.2) is 0 Å². The second-order valence-electron chi connectivity index (χ2n) is 6.07. The van der Waals surface area contributed by atoms with Crippen molar-refractivity contribution in [3.05, 3.63) is 58.5 Å². The summed E-state index contributed by atoms with van der Waals surface area (Å²) in [5.74, 6) is -3.70. The van der Waals surface area contributed by atoms with E-state index in [9.17, 15) is 19.2 Å². The fourth-order valence-corrected chi connectivity index (χ4v) is 2.66. The molecule has 0 atom stereocenters. The van der Waals surface area contributed by atoms with E-state index in [2.05, 4.69) is 0 Å². The van der Waals surface area contributed by atoms with Crippen molar-refractivity contribution < 1.29 is 38.5 Å². The fraction of sp³-hybridized carbons (Fsp3) is 0.263. The van der Waals surface area contributed by atoms with Gasteiger partial charge in [0.1, 0.15) is 6.42 Å². The Labute approximate surface area is 153 Å². The Bertz CT molecular complexity index is 867. The summed E-state index contributed by atoms with van der Waals surface area (Å²) in [5.41, 5.74) is 0.408. The van der Waals surface area contributed by atoms with Gasteiger partial charge in [-0.3, -0.25) is 19.2 Å². The van der Waals surface area contributed by atoms with Crippen LogP contribution in [-0.4, -0.2) is 53.4 Å². The molecule has 1 aliphatic rings. The maximum atomic E-state index is 12.5. The van der Waals surface area contributed by atoms with Crippen LogP contribution < -0.4 is 0 Å². The first kappa shape index (κ1) is 18.7. The molecule has 140 valence electrons. The molecule has 0 unspecified atom stereocenters. The number of carbonyl (C=O) groups excluding carboxylic acids is 4. The minimum absolute atomic E-state index is 0.0176. The molecule has 3 rings (SSSR count). The molecule has 0 amide bonds. The van der Waals surface area contributed by atoms with Gasteiger partial charge in [0, 0.05) is 17.0 Å². The summed E-state index contributed by atoms with van der Waals surface area (Å²) in [4.78, 5) is 48.9. The molecule has 0 bridgehead atoms. The molecule has 2 N–H and O–H groups in total. The highest BCUT2D eigenvalue weighted by Crippen LogP contribution is 2.30. The summed E-state index contributed by atoms with van der Waals surface area (Å²) < 4.78 is 10.1. The highest BCUT2D eigenvalue weighted by Gasteiger charge is 2.34. The maximum absolute atomic E-state index is 12.5. The Balaban J connectivity index is 1.74. The fourth-order valence-electron chi connectivity index (χ4n) is 2.66. The lowest BCUT2D eigenvalue weighted by Crippen LogP contribution is -2.21. The number of rotatable bonds is 7. The van der Waals surface area contributed by atoms with Crippen molar-refractivity contribution in [3.63, 3.8) is 0 Å². The van der Waals surface area contributed by atoms with E-state index < -0.39 is 35.7 Å². The van der Waals surface area contributed by atoms with E-state index in [4.69, 9.17) is 19.4 Å². The number of furan rings is 1. The zero-order valence-electron chi connectivity index (χ0n) is 14.1. The van der Waals surface area contributed by atoms with Crippen LogP contribution >= 0.6 is 0 Å². The van der Waals surface area contributed by atoms with Crippen molar-refractivity contribution in [3.8, 4) is 0 Å². The van der Waals surface area contributed by atoms with Crippen LogP contribution in [0.15, 0.2) is 34.7 Å². The van der Waals surface area contributed by atoms with Crippen LogP contribution in [0.1, 0.15) is 49.0 Å². The van der Waals surface area contributed by atoms with Gasteiger partial charge in [-0.05, 0) is 6.07 Å². The molecule has 0 spiro atoms. The van der Waals surface area contributed by atoms with Crippen molar-refractivity contribution in [2.24, 2.45) is 5.92 Å². The van der Waals surface area contributed by atoms with Gasteiger partial charge in [0.15, 0.2) is 17.3 Å². The largest absolute Gasteiger partial charge is 0.465 e. The molecule has 0 saturated carbocycles. The van der Waals surface area contributed by atoms with Gasteiger partial charge in [-0.2, -0.15) is 0 Å². The average Bonchev–Trinajstić information content (AvgIpc) is 3.13. The topological polar surface area (TPSA) is 131 Å². The third-order valence-corrected chi connectivity index (χ3v) is 4.18. The molecule has 2 aromatic rings. The Morgan fingerprint density at radius 2 is 1.63 bits per heavy atom. The van der Waals surface area contributed by atoms with Crippen LogP contribution in [0, 0.1) is 5.92 Å². The van der Waals surface area contributed by atoms with E-state index >= 15 is 0 Å². The first-order valence-corrected chi connectivity index (χ1v) is 8.19. The number of hydrogen-bond acceptors (Lipinski definition) is 8. The van der Waals surface area contributed by atoms with Crippen molar-refractivity contribution in [1.29, 1.82) is 0 Å². The lowest BCUT2D eigenvalue weighted by molar-refractivity contribution is -0.144. The molecular weight excluding hydrogens is 356 g/mol. The predicted molar refractivity (Wildman–Crippen MR) is 89.6 cm³/mol. The molecule has 1 aromatic carbocycles. The summed E-state index contributed by atoms with van der Waals surface area (Å²) >= 11 is 0. The van der Waals surface area contributed by atoms with E-state index in [0.29, 0.717) is 0 Å². The molecule has 1 aromatic heterocycles. The number of fused-ring (bicyclic) bond motifs is 2. The van der Waals surface area contributed by atoms with Gasteiger partial charge >= 0.3 is 5.97 Å². The third kappa shape index (κ3) is 3.57. The minimum Gasteiger partial charge on any atom is -0.465 e. The molecule has 0 saturated heterocycles. The molecule has 1 heterocycles. The summed E-state index contributed by atoms with van der Waals surface area (Å²) in [6.07, 6.45) is -0.661. The van der Waals surface area contributed by atoms with Crippen LogP contribution in [0.5, 0.6) is 0 Å². The van der Waals surface area contributed by atoms with Gasteiger partial charge in [-0.1, -0.05) is 24.3 Å². The Morgan fingerprint density at radius 1 is 1.00 bits per heavy atom. The van der Waals surface area contributed by atoms with Crippen LogP contribution in [0.25, 0.3) is 0 Å². The molecule has 0 aliphatic heterocycles. The van der Waals surface area contributed by atoms with E-state index in [0.717, 1.165) is 6.07 Å². The monoisotopic (exact) mass is 372 g/mol. The van der Waals surface area contributed by atoms with Crippen LogP contribution in [0.2, 0.25) is 0 Å². The second-order valence-corrected chi connectivity index (χ2v) is 6.07. The highest BCUT2D eigenvalue weighted by molar-refractivity contribution is 6.28. The summed E-state index contributed by atoms with van der Waals surface area (Å²) in [6.45, 7) is -0.971. The lowest BCUT2D eigenvalue weighted by atomic mass is 9.88. The number of carbonyl (C=O) groups is 4. The van der Waals surface area contributed by atoms with Gasteiger partial charge in [-0.15, -0.1) is 0 Å². The normalized spacial score (nSPS) is 12.7. The summed E-state index contributed by atoms with van der Waals surface area (Å²) in [5, 5.41) is 17.8. The zero-order chi connectivity index (χ0) is 19.6. The Hall–Kier alpha value is -3.10. The Kier molecular flexibility index (Phi) is 5.29. The van der Waals surface area contributed by atoms with Gasteiger partial charge in [0.05, 0.1) is 25.4 Å². The molecular formula is C19H16O8. The minimum atomic E-state index is -0.873. The van der Waals surface area contributed by atoms with Crippen molar-refractivity contribution >= 4 is 23.3 Å². The number of Topliss-reactive ketones (excluding diaryl/α,β-unsaturated/α-hetero) is 1. The van der Waals surface area contributed by atoms with Crippen LogP contribution in [0.4, 0.5) is 0 Å². The molecule has 0 radical (unpaired) electrons. The molecule has 8 heteroatoms. The number of ether oxygens (including phenoxy) is 1. The Morgan fingerprint density at radius 3 is 2.26 bits per heavy atom.